The summed E-state index contributed by atoms with van der Waals surface area (Å²) in [6.07, 6.45) is 6.43. The molecule has 0 aromatic rings. The van der Waals surface area contributed by atoms with Crippen LogP contribution in [-0.2, 0) is 4.79 Å². The monoisotopic (exact) mass is 197 g/mol. The lowest BCUT2D eigenvalue weighted by molar-refractivity contribution is -0.143. The summed E-state index contributed by atoms with van der Waals surface area (Å²) >= 11 is 0. The van der Waals surface area contributed by atoms with Crippen LogP contribution in [0.1, 0.15) is 32.1 Å². The summed E-state index contributed by atoms with van der Waals surface area (Å²) in [6, 6.07) is 0. The van der Waals surface area contributed by atoms with E-state index in [1.165, 1.54) is 32.1 Å². The van der Waals surface area contributed by atoms with E-state index in [9.17, 15) is 4.79 Å². The van der Waals surface area contributed by atoms with E-state index < -0.39 is 5.97 Å². The Labute approximate surface area is 84.9 Å². The van der Waals surface area contributed by atoms with Crippen LogP contribution in [0.5, 0.6) is 0 Å². The largest absolute Gasteiger partial charge is 0.481 e. The first kappa shape index (κ1) is 9.97. The molecule has 2 aliphatic rings. The van der Waals surface area contributed by atoms with Crippen molar-refractivity contribution in [2.24, 2.45) is 17.8 Å². The predicted octanol–water partition coefficient (Wildman–Crippen LogP) is 1.49. The summed E-state index contributed by atoms with van der Waals surface area (Å²) < 4.78 is 0. The van der Waals surface area contributed by atoms with Crippen LogP contribution in [-0.4, -0.2) is 24.2 Å². The molecule has 3 heteroatoms. The second-order valence-corrected chi connectivity index (χ2v) is 4.66. The predicted molar refractivity (Wildman–Crippen MR) is 54.1 cm³/mol. The molecule has 0 unspecified atom stereocenters. The van der Waals surface area contributed by atoms with Crippen LogP contribution in [0.25, 0.3) is 0 Å². The Morgan fingerprint density at radius 2 is 1.86 bits per heavy atom. The van der Waals surface area contributed by atoms with Crippen molar-refractivity contribution in [2.75, 3.05) is 13.1 Å². The van der Waals surface area contributed by atoms with Gasteiger partial charge in [-0.25, -0.2) is 0 Å². The molecule has 0 aromatic carbocycles. The smallest absolute Gasteiger partial charge is 0.308 e. The fraction of sp³-hybridized carbons (Fsp3) is 0.909. The second-order valence-electron chi connectivity index (χ2n) is 4.66. The van der Waals surface area contributed by atoms with Crippen LogP contribution in [0.2, 0.25) is 0 Å². The van der Waals surface area contributed by atoms with Crippen LogP contribution in [0, 0.1) is 17.8 Å². The van der Waals surface area contributed by atoms with E-state index in [4.69, 9.17) is 5.11 Å². The molecule has 0 radical (unpaired) electrons. The number of carbonyl (C=O) groups is 1. The van der Waals surface area contributed by atoms with Gasteiger partial charge in [0.1, 0.15) is 0 Å². The molecule has 80 valence electrons. The van der Waals surface area contributed by atoms with Crippen LogP contribution in [0.3, 0.4) is 0 Å². The molecule has 1 aliphatic heterocycles. The molecule has 0 amide bonds. The Hall–Kier alpha value is -0.570. The SMILES string of the molecule is O=C(O)[C@@H]1CNC[C@@H]1C1CCCCC1. The molecule has 2 N–H and O–H groups in total. The van der Waals surface area contributed by atoms with Crippen molar-refractivity contribution in [1.82, 2.24) is 5.32 Å². The third kappa shape index (κ3) is 1.92. The summed E-state index contributed by atoms with van der Waals surface area (Å²) in [6.45, 7) is 1.60. The van der Waals surface area contributed by atoms with Crippen molar-refractivity contribution in [1.29, 1.82) is 0 Å². The molecule has 2 atom stereocenters. The van der Waals surface area contributed by atoms with Gasteiger partial charge in [-0.1, -0.05) is 32.1 Å². The molecular weight excluding hydrogens is 178 g/mol. The quantitative estimate of drug-likeness (QED) is 0.705. The van der Waals surface area contributed by atoms with E-state index >= 15 is 0 Å². The minimum atomic E-state index is -0.606. The maximum absolute atomic E-state index is 11.0. The summed E-state index contributed by atoms with van der Waals surface area (Å²) in [7, 11) is 0. The highest BCUT2D eigenvalue weighted by Crippen LogP contribution is 2.35. The van der Waals surface area contributed by atoms with E-state index in [0.29, 0.717) is 18.4 Å². The highest BCUT2D eigenvalue weighted by Gasteiger charge is 2.37. The van der Waals surface area contributed by atoms with Gasteiger partial charge < -0.3 is 10.4 Å². The standard InChI is InChI=1S/C11H19NO2/c13-11(14)10-7-12-6-9(10)8-4-2-1-3-5-8/h8-10,12H,1-7H2,(H,13,14)/t9-,10-/m1/s1. The van der Waals surface area contributed by atoms with Crippen molar-refractivity contribution >= 4 is 5.97 Å². The van der Waals surface area contributed by atoms with E-state index in [1.54, 1.807) is 0 Å². The van der Waals surface area contributed by atoms with E-state index in [0.717, 1.165) is 6.54 Å². The van der Waals surface area contributed by atoms with E-state index in [1.807, 2.05) is 0 Å². The zero-order valence-corrected chi connectivity index (χ0v) is 8.54. The lowest BCUT2D eigenvalue weighted by Gasteiger charge is -2.29. The zero-order chi connectivity index (χ0) is 9.97. The lowest BCUT2D eigenvalue weighted by Crippen LogP contribution is -2.29. The second kappa shape index (κ2) is 4.30. The topological polar surface area (TPSA) is 49.3 Å². The van der Waals surface area contributed by atoms with Crippen molar-refractivity contribution in [3.05, 3.63) is 0 Å². The molecular formula is C11H19NO2. The first-order valence-corrected chi connectivity index (χ1v) is 5.72. The minimum Gasteiger partial charge on any atom is -0.481 e. The molecule has 3 nitrogen and oxygen atoms in total. The number of rotatable bonds is 2. The first-order valence-electron chi connectivity index (χ1n) is 5.72. The number of carboxylic acids is 1. The van der Waals surface area contributed by atoms with Gasteiger partial charge in [0.05, 0.1) is 5.92 Å². The van der Waals surface area contributed by atoms with Crippen molar-refractivity contribution in [2.45, 2.75) is 32.1 Å². The lowest BCUT2D eigenvalue weighted by atomic mass is 9.75. The molecule has 1 saturated carbocycles. The molecule has 1 heterocycles. The van der Waals surface area contributed by atoms with Crippen LogP contribution in [0.4, 0.5) is 0 Å². The van der Waals surface area contributed by atoms with Gasteiger partial charge >= 0.3 is 5.97 Å². The summed E-state index contributed by atoms with van der Waals surface area (Å²) in [4.78, 5) is 11.0. The van der Waals surface area contributed by atoms with Crippen LogP contribution < -0.4 is 5.32 Å². The molecule has 0 spiro atoms. The number of nitrogens with one attached hydrogen (secondary N) is 1. The Balaban J connectivity index is 1.97. The molecule has 0 aromatic heterocycles. The van der Waals surface area contributed by atoms with Gasteiger partial charge in [0.2, 0.25) is 0 Å². The zero-order valence-electron chi connectivity index (χ0n) is 8.54. The maximum atomic E-state index is 11.0. The summed E-state index contributed by atoms with van der Waals surface area (Å²) in [5, 5.41) is 12.3. The van der Waals surface area contributed by atoms with E-state index in [-0.39, 0.29) is 5.92 Å². The van der Waals surface area contributed by atoms with Gasteiger partial charge in [-0.15, -0.1) is 0 Å². The van der Waals surface area contributed by atoms with Gasteiger partial charge in [-0.3, -0.25) is 4.79 Å². The highest BCUT2D eigenvalue weighted by molar-refractivity contribution is 5.71. The Morgan fingerprint density at radius 1 is 1.14 bits per heavy atom. The number of hydrogen-bond donors (Lipinski definition) is 2. The van der Waals surface area contributed by atoms with E-state index in [2.05, 4.69) is 5.32 Å². The Kier molecular flexibility index (Phi) is 3.06. The number of carboxylic acid groups (broad SMARTS) is 1. The van der Waals surface area contributed by atoms with Gasteiger partial charge in [-0.2, -0.15) is 0 Å². The van der Waals surface area contributed by atoms with Crippen LogP contribution >= 0.6 is 0 Å². The molecule has 14 heavy (non-hydrogen) atoms. The van der Waals surface area contributed by atoms with Gasteiger partial charge in [0, 0.05) is 6.54 Å². The van der Waals surface area contributed by atoms with Crippen LogP contribution in [0.15, 0.2) is 0 Å². The van der Waals surface area contributed by atoms with Crippen molar-refractivity contribution < 1.29 is 9.90 Å². The number of hydrogen-bond acceptors (Lipinski definition) is 2. The van der Waals surface area contributed by atoms with Gasteiger partial charge in [-0.05, 0) is 18.4 Å². The maximum Gasteiger partial charge on any atom is 0.308 e. The molecule has 2 fully saturated rings. The van der Waals surface area contributed by atoms with Crippen molar-refractivity contribution in [3.8, 4) is 0 Å². The van der Waals surface area contributed by atoms with Crippen molar-refractivity contribution in [3.63, 3.8) is 0 Å². The average molecular weight is 197 g/mol. The third-order valence-electron chi connectivity index (χ3n) is 3.83. The Morgan fingerprint density at radius 3 is 2.50 bits per heavy atom. The van der Waals surface area contributed by atoms with Gasteiger partial charge in [0.25, 0.3) is 0 Å². The number of aliphatic carboxylic acids is 1. The minimum absolute atomic E-state index is 0.127. The molecule has 1 aliphatic carbocycles. The highest BCUT2D eigenvalue weighted by atomic mass is 16.4. The first-order chi connectivity index (χ1) is 6.79. The molecule has 0 bridgehead atoms. The average Bonchev–Trinajstić information content (AvgIpc) is 2.67. The molecule has 2 rings (SSSR count). The summed E-state index contributed by atoms with van der Waals surface area (Å²) in [5.74, 6) is 0.330. The Bertz CT molecular complexity index is 211. The fourth-order valence-electron chi connectivity index (χ4n) is 3.03. The summed E-state index contributed by atoms with van der Waals surface area (Å²) in [5.41, 5.74) is 0. The fourth-order valence-corrected chi connectivity index (χ4v) is 3.03. The molecule has 1 saturated heterocycles. The normalized spacial score (nSPS) is 34.6. The third-order valence-corrected chi connectivity index (χ3v) is 3.83. The van der Waals surface area contributed by atoms with Gasteiger partial charge in [0.15, 0.2) is 0 Å².